The zero-order chi connectivity index (χ0) is 10.6. The highest BCUT2D eigenvalue weighted by Crippen LogP contribution is 2.30. The zero-order valence-electron chi connectivity index (χ0n) is 9.28. The van der Waals surface area contributed by atoms with Crippen LogP contribution in [0, 0.1) is 11.8 Å². The molecule has 3 unspecified atom stereocenters. The minimum absolute atomic E-state index is 0.0117. The van der Waals surface area contributed by atoms with E-state index in [9.17, 15) is 0 Å². The predicted molar refractivity (Wildman–Crippen MR) is 57.0 cm³/mol. The van der Waals surface area contributed by atoms with Crippen LogP contribution in [0.3, 0.4) is 0 Å². The lowest BCUT2D eigenvalue weighted by Gasteiger charge is -2.31. The number of nitrogens with two attached hydrogens (primary N) is 1. The molecular formula is C11H23NO2. The molecule has 0 aliphatic heterocycles. The average Bonchev–Trinajstić information content (AvgIpc) is 2.12. The Hall–Kier alpha value is -0.120. The Balaban J connectivity index is 2.23. The molecule has 0 aromatic heterocycles. The molecular weight excluding hydrogens is 178 g/mol. The molecule has 1 rings (SSSR count). The molecule has 0 heterocycles. The van der Waals surface area contributed by atoms with Crippen LogP contribution >= 0.6 is 0 Å². The van der Waals surface area contributed by atoms with Gasteiger partial charge in [0.25, 0.3) is 0 Å². The summed E-state index contributed by atoms with van der Waals surface area (Å²) in [4.78, 5) is 0. The van der Waals surface area contributed by atoms with Gasteiger partial charge in [-0.15, -0.1) is 0 Å². The van der Waals surface area contributed by atoms with Gasteiger partial charge in [-0.05, 0) is 31.1 Å². The molecule has 1 saturated carbocycles. The molecule has 1 aliphatic carbocycles. The van der Waals surface area contributed by atoms with Crippen LogP contribution in [0.15, 0.2) is 0 Å². The van der Waals surface area contributed by atoms with Crippen molar-refractivity contribution in [3.63, 3.8) is 0 Å². The SMILES string of the molecule is CC1CC(C)CC(OCC(N)CO)C1. The molecule has 0 spiro atoms. The zero-order valence-corrected chi connectivity index (χ0v) is 9.28. The maximum absolute atomic E-state index is 8.76. The second kappa shape index (κ2) is 5.69. The van der Waals surface area contributed by atoms with Crippen molar-refractivity contribution in [2.75, 3.05) is 13.2 Å². The summed E-state index contributed by atoms with van der Waals surface area (Å²) in [5.41, 5.74) is 5.58. The van der Waals surface area contributed by atoms with Crippen LogP contribution in [-0.4, -0.2) is 30.5 Å². The highest BCUT2D eigenvalue weighted by Gasteiger charge is 2.24. The fourth-order valence-corrected chi connectivity index (χ4v) is 2.32. The van der Waals surface area contributed by atoms with E-state index in [0.717, 1.165) is 24.7 Å². The van der Waals surface area contributed by atoms with E-state index in [1.807, 2.05) is 0 Å². The quantitative estimate of drug-likeness (QED) is 0.717. The lowest BCUT2D eigenvalue weighted by atomic mass is 9.82. The van der Waals surface area contributed by atoms with Crippen molar-refractivity contribution in [3.05, 3.63) is 0 Å². The average molecular weight is 201 g/mol. The third-order valence-electron chi connectivity index (χ3n) is 2.92. The van der Waals surface area contributed by atoms with E-state index in [2.05, 4.69) is 13.8 Å². The first-order chi connectivity index (χ1) is 6.61. The highest BCUT2D eigenvalue weighted by atomic mass is 16.5. The lowest BCUT2D eigenvalue weighted by molar-refractivity contribution is -0.0103. The molecule has 3 heteroatoms. The van der Waals surface area contributed by atoms with E-state index in [1.54, 1.807) is 0 Å². The Morgan fingerprint density at radius 2 is 1.86 bits per heavy atom. The summed E-state index contributed by atoms with van der Waals surface area (Å²) >= 11 is 0. The highest BCUT2D eigenvalue weighted by molar-refractivity contribution is 4.75. The number of ether oxygens (including phenoxy) is 1. The van der Waals surface area contributed by atoms with Crippen molar-refractivity contribution in [1.29, 1.82) is 0 Å². The fraction of sp³-hybridized carbons (Fsp3) is 1.00. The van der Waals surface area contributed by atoms with Crippen molar-refractivity contribution in [2.24, 2.45) is 17.6 Å². The van der Waals surface area contributed by atoms with Crippen LogP contribution in [0.2, 0.25) is 0 Å². The fourth-order valence-electron chi connectivity index (χ4n) is 2.32. The molecule has 1 fully saturated rings. The van der Waals surface area contributed by atoms with Crippen LogP contribution in [0.25, 0.3) is 0 Å². The van der Waals surface area contributed by atoms with Gasteiger partial charge in [0.05, 0.1) is 25.4 Å². The topological polar surface area (TPSA) is 55.5 Å². The van der Waals surface area contributed by atoms with Crippen molar-refractivity contribution >= 4 is 0 Å². The summed E-state index contributed by atoms with van der Waals surface area (Å²) in [7, 11) is 0. The third-order valence-corrected chi connectivity index (χ3v) is 2.92. The number of rotatable bonds is 4. The van der Waals surface area contributed by atoms with Crippen molar-refractivity contribution in [3.8, 4) is 0 Å². The maximum atomic E-state index is 8.76. The van der Waals surface area contributed by atoms with Gasteiger partial charge in [0.15, 0.2) is 0 Å². The second-order valence-electron chi connectivity index (χ2n) is 4.82. The van der Waals surface area contributed by atoms with Crippen LogP contribution in [0.5, 0.6) is 0 Å². The maximum Gasteiger partial charge on any atom is 0.0643 e. The standard InChI is InChI=1S/C11H23NO2/c1-8-3-9(2)5-11(4-8)14-7-10(12)6-13/h8-11,13H,3-7,12H2,1-2H3. The molecule has 0 radical (unpaired) electrons. The van der Waals surface area contributed by atoms with Crippen LogP contribution in [0.1, 0.15) is 33.1 Å². The van der Waals surface area contributed by atoms with E-state index in [4.69, 9.17) is 15.6 Å². The minimum Gasteiger partial charge on any atom is -0.395 e. The molecule has 3 N–H and O–H groups in total. The summed E-state index contributed by atoms with van der Waals surface area (Å²) in [6.45, 7) is 5.05. The lowest BCUT2D eigenvalue weighted by Crippen LogP contribution is -2.34. The Bertz CT molecular complexity index is 153. The van der Waals surface area contributed by atoms with Crippen molar-refractivity contribution in [1.82, 2.24) is 0 Å². The first-order valence-electron chi connectivity index (χ1n) is 5.59. The third kappa shape index (κ3) is 3.95. The molecule has 3 atom stereocenters. The second-order valence-corrected chi connectivity index (χ2v) is 4.82. The number of aliphatic hydroxyl groups excluding tert-OH is 1. The predicted octanol–water partition coefficient (Wildman–Crippen LogP) is 1.15. The minimum atomic E-state index is -0.220. The summed E-state index contributed by atoms with van der Waals surface area (Å²) in [5.74, 6) is 1.52. The van der Waals surface area contributed by atoms with Gasteiger partial charge in [0, 0.05) is 0 Å². The molecule has 0 bridgehead atoms. The number of hydrogen-bond donors (Lipinski definition) is 2. The summed E-state index contributed by atoms with van der Waals surface area (Å²) in [6.07, 6.45) is 3.95. The summed E-state index contributed by atoms with van der Waals surface area (Å²) in [5, 5.41) is 8.76. The molecule has 3 nitrogen and oxygen atoms in total. The summed E-state index contributed by atoms with van der Waals surface area (Å²) in [6, 6.07) is -0.220. The summed E-state index contributed by atoms with van der Waals surface area (Å²) < 4.78 is 5.69. The van der Waals surface area contributed by atoms with Crippen LogP contribution in [0.4, 0.5) is 0 Å². The van der Waals surface area contributed by atoms with E-state index >= 15 is 0 Å². The molecule has 0 aromatic rings. The molecule has 0 saturated heterocycles. The molecule has 0 amide bonds. The Morgan fingerprint density at radius 1 is 1.29 bits per heavy atom. The normalized spacial score (nSPS) is 35.6. The van der Waals surface area contributed by atoms with E-state index in [0.29, 0.717) is 12.7 Å². The first-order valence-corrected chi connectivity index (χ1v) is 5.59. The van der Waals surface area contributed by atoms with Gasteiger partial charge in [-0.3, -0.25) is 0 Å². The van der Waals surface area contributed by atoms with Gasteiger partial charge in [0.1, 0.15) is 0 Å². The first kappa shape index (κ1) is 12.0. The van der Waals surface area contributed by atoms with Crippen LogP contribution < -0.4 is 5.73 Å². The Labute approximate surface area is 86.6 Å². The van der Waals surface area contributed by atoms with Gasteiger partial charge in [0.2, 0.25) is 0 Å². The van der Waals surface area contributed by atoms with Gasteiger partial charge in [-0.2, -0.15) is 0 Å². The Kier molecular flexibility index (Phi) is 4.85. The Morgan fingerprint density at radius 3 is 2.36 bits per heavy atom. The van der Waals surface area contributed by atoms with Gasteiger partial charge < -0.3 is 15.6 Å². The van der Waals surface area contributed by atoms with Gasteiger partial charge in [-0.1, -0.05) is 13.8 Å². The van der Waals surface area contributed by atoms with Crippen LogP contribution in [-0.2, 0) is 4.74 Å². The van der Waals surface area contributed by atoms with Gasteiger partial charge in [-0.25, -0.2) is 0 Å². The van der Waals surface area contributed by atoms with Crippen molar-refractivity contribution in [2.45, 2.75) is 45.3 Å². The molecule has 14 heavy (non-hydrogen) atoms. The molecule has 0 aromatic carbocycles. The van der Waals surface area contributed by atoms with Crippen molar-refractivity contribution < 1.29 is 9.84 Å². The monoisotopic (exact) mass is 201 g/mol. The van der Waals surface area contributed by atoms with Gasteiger partial charge >= 0.3 is 0 Å². The molecule has 1 aliphatic rings. The van der Waals surface area contributed by atoms with E-state index in [-0.39, 0.29) is 12.6 Å². The largest absolute Gasteiger partial charge is 0.395 e. The number of aliphatic hydroxyl groups is 1. The smallest absolute Gasteiger partial charge is 0.0643 e. The number of hydrogen-bond acceptors (Lipinski definition) is 3. The van der Waals surface area contributed by atoms with E-state index < -0.39 is 0 Å². The van der Waals surface area contributed by atoms with E-state index in [1.165, 1.54) is 6.42 Å². The molecule has 84 valence electrons.